The summed E-state index contributed by atoms with van der Waals surface area (Å²) in [7, 11) is -9.53. The van der Waals surface area contributed by atoms with E-state index in [1.807, 2.05) is 0 Å². The Morgan fingerprint density at radius 2 is 0.689 bits per heavy atom. The summed E-state index contributed by atoms with van der Waals surface area (Å²) >= 11 is 0. The van der Waals surface area contributed by atoms with E-state index in [1.165, 1.54) is 0 Å². The number of hydrogen-bond donors (Lipinski definition) is 0. The lowest BCUT2D eigenvalue weighted by Crippen LogP contribution is -2.25. The van der Waals surface area contributed by atoms with Gasteiger partial charge in [0.15, 0.2) is 0 Å². The Hall–Kier alpha value is -4.31. The molecule has 4 aromatic carbocycles. The fourth-order valence-corrected chi connectivity index (χ4v) is 14.2. The van der Waals surface area contributed by atoms with Crippen molar-refractivity contribution in [2.45, 2.75) is 151 Å². The Morgan fingerprint density at radius 1 is 0.443 bits per heavy atom. The standard InChI is InChI=1S/C52H65NO6P2/c1-31-21-36-29-37-22-32(2)26-41(50(8,9)10)45(37)57-60(54,56-44(36)40(25-31)49(5,6)7)48(35-17-19-53-20-18-35)61(55)58-46-38(23-33(3)27-42(46)51(11,12)13)30-39-24-34(4)28-43(47(39)59-61)52(14,15)16/h17-28,48H,29-30H2,1-16H3. The Balaban J connectivity index is 1.64. The van der Waals surface area contributed by atoms with Crippen LogP contribution in [0.25, 0.3) is 0 Å². The van der Waals surface area contributed by atoms with Gasteiger partial charge in [0.1, 0.15) is 23.0 Å². The molecule has 0 fully saturated rings. The van der Waals surface area contributed by atoms with Gasteiger partial charge < -0.3 is 18.1 Å². The monoisotopic (exact) mass is 861 g/mol. The zero-order valence-corrected chi connectivity index (χ0v) is 41.0. The highest BCUT2D eigenvalue weighted by molar-refractivity contribution is 7.72. The fourth-order valence-electron chi connectivity index (χ4n) is 8.81. The molecule has 0 bridgehead atoms. The molecule has 61 heavy (non-hydrogen) atoms. The average molecular weight is 862 g/mol. The summed E-state index contributed by atoms with van der Waals surface area (Å²) in [5.74, 6) is 1.84. The summed E-state index contributed by atoms with van der Waals surface area (Å²) in [6.07, 6.45) is 4.18. The molecule has 0 amide bonds. The third-order valence-electron chi connectivity index (χ3n) is 11.7. The first kappa shape index (κ1) is 44.7. The van der Waals surface area contributed by atoms with Crippen molar-refractivity contribution < 1.29 is 27.2 Å². The maximum Gasteiger partial charge on any atom is 0.452 e. The SMILES string of the molecule is Cc1cc2c(c(C(C)(C)C)c1)OP(=O)(C(c1ccncc1)P1(=O)Oc3c(cc(C)cc3C(C)(C)C)Cc3cc(C)cc(C(C)(C)C)c3O1)Oc1c(cc(C)cc1C(C)(C)C)C2. The number of aryl methyl sites for hydroxylation is 4. The van der Waals surface area contributed by atoms with Crippen molar-refractivity contribution in [3.8, 4) is 23.0 Å². The second-order valence-electron chi connectivity index (χ2n) is 21.7. The van der Waals surface area contributed by atoms with Gasteiger partial charge in [-0.2, -0.15) is 0 Å². The van der Waals surface area contributed by atoms with Crippen molar-refractivity contribution in [3.05, 3.63) is 145 Å². The molecule has 5 aromatic rings. The Morgan fingerprint density at radius 3 is 0.918 bits per heavy atom. The summed E-state index contributed by atoms with van der Waals surface area (Å²) in [4.78, 5) is 4.36. The second kappa shape index (κ2) is 15.2. The number of hydrogen-bond acceptors (Lipinski definition) is 7. The molecular weight excluding hydrogens is 797 g/mol. The maximum atomic E-state index is 17.2. The number of rotatable bonds is 3. The minimum Gasteiger partial charge on any atom is -0.415 e. The molecule has 0 atom stereocenters. The highest BCUT2D eigenvalue weighted by Crippen LogP contribution is 2.79. The van der Waals surface area contributed by atoms with Crippen LogP contribution in [0, 0.1) is 27.7 Å². The molecule has 324 valence electrons. The average Bonchev–Trinajstić information content (AvgIpc) is 3.10. The Kier molecular flexibility index (Phi) is 11.1. The van der Waals surface area contributed by atoms with Gasteiger partial charge in [0.2, 0.25) is 5.40 Å². The molecule has 2 aliphatic rings. The minimum atomic E-state index is -4.77. The summed E-state index contributed by atoms with van der Waals surface area (Å²) in [5, 5.41) is -1.58. The molecule has 0 saturated carbocycles. The lowest BCUT2D eigenvalue weighted by Gasteiger charge is -2.39. The van der Waals surface area contributed by atoms with E-state index in [1.54, 1.807) is 24.5 Å². The molecule has 0 aliphatic carbocycles. The lowest BCUT2D eigenvalue weighted by atomic mass is 9.81. The van der Waals surface area contributed by atoms with Gasteiger partial charge >= 0.3 is 15.2 Å². The van der Waals surface area contributed by atoms with Crippen LogP contribution >= 0.6 is 15.2 Å². The third kappa shape index (κ3) is 8.72. The molecule has 0 N–H and O–H groups in total. The highest BCUT2D eigenvalue weighted by Gasteiger charge is 2.59. The summed E-state index contributed by atoms with van der Waals surface area (Å²) < 4.78 is 63.1. The fraction of sp³-hybridized carbons (Fsp3) is 0.442. The molecule has 7 nitrogen and oxygen atoms in total. The molecule has 0 radical (unpaired) electrons. The van der Waals surface area contributed by atoms with Crippen LogP contribution in [0.2, 0.25) is 0 Å². The first-order valence-electron chi connectivity index (χ1n) is 21.5. The zero-order chi connectivity index (χ0) is 44.8. The van der Waals surface area contributed by atoms with Gasteiger partial charge in [-0.05, 0) is 89.3 Å². The summed E-state index contributed by atoms with van der Waals surface area (Å²) in [6.45, 7) is 33.8. The first-order valence-corrected chi connectivity index (χ1v) is 24.7. The topological polar surface area (TPSA) is 84.0 Å². The van der Waals surface area contributed by atoms with E-state index in [0.29, 0.717) is 41.4 Å². The molecule has 2 aliphatic heterocycles. The number of pyridine rings is 1. The molecule has 1 aromatic heterocycles. The molecule has 0 unspecified atom stereocenters. The van der Waals surface area contributed by atoms with Crippen molar-refractivity contribution in [1.82, 2.24) is 4.98 Å². The molecule has 0 spiro atoms. The van der Waals surface area contributed by atoms with Gasteiger partial charge in [0, 0.05) is 47.5 Å². The van der Waals surface area contributed by atoms with Crippen LogP contribution in [-0.2, 0) is 43.6 Å². The van der Waals surface area contributed by atoms with E-state index in [2.05, 4.69) is 164 Å². The summed E-state index contributed by atoms with van der Waals surface area (Å²) in [6, 6.07) is 20.3. The van der Waals surface area contributed by atoms with E-state index >= 15 is 9.13 Å². The number of benzene rings is 4. The van der Waals surface area contributed by atoms with Crippen LogP contribution in [0.5, 0.6) is 23.0 Å². The van der Waals surface area contributed by atoms with Crippen LogP contribution in [-0.4, -0.2) is 4.98 Å². The molecule has 3 heterocycles. The van der Waals surface area contributed by atoms with Gasteiger partial charge in [-0.25, -0.2) is 9.13 Å². The predicted octanol–water partition coefficient (Wildman–Crippen LogP) is 15.0. The molecule has 9 heteroatoms. The largest absolute Gasteiger partial charge is 0.452 e. The van der Waals surface area contributed by atoms with Crippen molar-refractivity contribution in [2.75, 3.05) is 0 Å². The zero-order valence-electron chi connectivity index (χ0n) is 39.2. The van der Waals surface area contributed by atoms with Crippen molar-refractivity contribution in [1.29, 1.82) is 0 Å². The molecular formula is C52H65NO6P2. The van der Waals surface area contributed by atoms with Crippen LogP contribution in [0.3, 0.4) is 0 Å². The minimum absolute atomic E-state index is 0.400. The Labute approximate surface area is 365 Å². The van der Waals surface area contributed by atoms with Crippen LogP contribution in [0.1, 0.15) is 161 Å². The number of fused-ring (bicyclic) bond motifs is 4. The van der Waals surface area contributed by atoms with E-state index in [4.69, 9.17) is 18.1 Å². The van der Waals surface area contributed by atoms with E-state index in [0.717, 1.165) is 66.8 Å². The molecule has 7 rings (SSSR count). The van der Waals surface area contributed by atoms with Crippen molar-refractivity contribution in [3.63, 3.8) is 0 Å². The number of nitrogens with zero attached hydrogens (tertiary/aromatic N) is 1. The van der Waals surface area contributed by atoms with E-state index in [-0.39, 0.29) is 0 Å². The van der Waals surface area contributed by atoms with Gasteiger partial charge in [-0.1, -0.05) is 154 Å². The van der Waals surface area contributed by atoms with E-state index < -0.39 is 42.3 Å². The highest BCUT2D eigenvalue weighted by atomic mass is 31.2. The van der Waals surface area contributed by atoms with Gasteiger partial charge in [0.05, 0.1) is 0 Å². The van der Waals surface area contributed by atoms with Crippen molar-refractivity contribution in [2.24, 2.45) is 0 Å². The summed E-state index contributed by atoms with van der Waals surface area (Å²) in [5.41, 5.74) is 9.91. The smallest absolute Gasteiger partial charge is 0.415 e. The lowest BCUT2D eigenvalue weighted by molar-refractivity contribution is 0.339. The normalized spacial score (nSPS) is 16.1. The maximum absolute atomic E-state index is 17.2. The number of aromatic nitrogens is 1. The van der Waals surface area contributed by atoms with Gasteiger partial charge in [0.25, 0.3) is 0 Å². The Bertz CT molecular complexity index is 2320. The second-order valence-corrected chi connectivity index (χ2v) is 26.0. The first-order chi connectivity index (χ1) is 28.1. The van der Waals surface area contributed by atoms with Crippen molar-refractivity contribution >= 4 is 15.2 Å². The predicted molar refractivity (Wildman–Crippen MR) is 250 cm³/mol. The van der Waals surface area contributed by atoms with Crippen LogP contribution in [0.4, 0.5) is 0 Å². The van der Waals surface area contributed by atoms with Crippen LogP contribution in [0.15, 0.2) is 73.1 Å². The van der Waals surface area contributed by atoms with Gasteiger partial charge in [-0.15, -0.1) is 0 Å². The van der Waals surface area contributed by atoms with Gasteiger partial charge in [-0.3, -0.25) is 4.98 Å². The third-order valence-corrected chi connectivity index (χ3v) is 17.0. The molecule has 0 saturated heterocycles. The quantitative estimate of drug-likeness (QED) is 0.167. The van der Waals surface area contributed by atoms with E-state index in [9.17, 15) is 0 Å². The van der Waals surface area contributed by atoms with Crippen LogP contribution < -0.4 is 18.1 Å².